The van der Waals surface area contributed by atoms with Gasteiger partial charge in [0.05, 0.1) is 37.9 Å². The SMILES string of the molecule is CCC(N)(CC)CO[C@H]1[C@H](n2ncnc2C(=O)NC)C[C@@]23COC[C@]1(C)[C@@H]2CC[C@H]1C3=CC[C@@]2(C)[C@H](C(=O)O)[C@@](C)([C@H](C)C(C)C)CC[C@]12C. The van der Waals surface area contributed by atoms with E-state index in [9.17, 15) is 14.7 Å². The molecule has 1 aliphatic heterocycles. The van der Waals surface area contributed by atoms with Crippen LogP contribution in [0.3, 0.4) is 0 Å². The van der Waals surface area contributed by atoms with Crippen molar-refractivity contribution in [3.63, 3.8) is 0 Å². The van der Waals surface area contributed by atoms with E-state index in [4.69, 9.17) is 20.3 Å². The van der Waals surface area contributed by atoms with Crippen molar-refractivity contribution in [2.45, 2.75) is 131 Å². The zero-order chi connectivity index (χ0) is 36.7. The Morgan fingerprint density at radius 3 is 2.44 bits per heavy atom. The van der Waals surface area contributed by atoms with Gasteiger partial charge in [-0.15, -0.1) is 0 Å². The Morgan fingerprint density at radius 1 is 1.12 bits per heavy atom. The Hall–Kier alpha value is -2.30. The van der Waals surface area contributed by atoms with E-state index >= 15 is 0 Å². The van der Waals surface area contributed by atoms with Crippen molar-refractivity contribution in [3.05, 3.63) is 23.8 Å². The molecular formula is C40H65N5O5. The highest BCUT2D eigenvalue weighted by Gasteiger charge is 2.72. The average Bonchev–Trinajstić information content (AvgIpc) is 3.57. The highest BCUT2D eigenvalue weighted by atomic mass is 16.5. The topological polar surface area (TPSA) is 142 Å². The normalized spacial score (nSPS) is 41.8. The Bertz CT molecular complexity index is 1500. The van der Waals surface area contributed by atoms with Gasteiger partial charge in [-0.25, -0.2) is 9.67 Å². The lowest BCUT2D eigenvalue weighted by Crippen LogP contribution is -2.69. The van der Waals surface area contributed by atoms with E-state index in [0.29, 0.717) is 38.1 Å². The number of nitrogens with two attached hydrogens (primary N) is 1. The van der Waals surface area contributed by atoms with Crippen LogP contribution in [-0.2, 0) is 14.3 Å². The van der Waals surface area contributed by atoms with Crippen LogP contribution in [-0.4, -0.2) is 70.3 Å². The summed E-state index contributed by atoms with van der Waals surface area (Å²) in [5.74, 6) is 0.160. The summed E-state index contributed by atoms with van der Waals surface area (Å²) in [5, 5.41) is 18.6. The summed E-state index contributed by atoms with van der Waals surface area (Å²) >= 11 is 0. The molecule has 10 nitrogen and oxygen atoms in total. The first-order valence-corrected chi connectivity index (χ1v) is 19.5. The van der Waals surface area contributed by atoms with Crippen molar-refractivity contribution in [2.24, 2.45) is 62.4 Å². The number of ether oxygens (including phenoxy) is 2. The Labute approximate surface area is 300 Å². The number of fused-ring (bicyclic) bond motifs is 3. The van der Waals surface area contributed by atoms with Gasteiger partial charge in [0.2, 0.25) is 5.82 Å². The van der Waals surface area contributed by atoms with Gasteiger partial charge in [-0.3, -0.25) is 9.59 Å². The summed E-state index contributed by atoms with van der Waals surface area (Å²) in [6.45, 7) is 21.8. The number of carboxylic acids is 1. The highest BCUT2D eigenvalue weighted by Crippen LogP contribution is 2.75. The van der Waals surface area contributed by atoms with Gasteiger partial charge in [-0.2, -0.15) is 5.10 Å². The summed E-state index contributed by atoms with van der Waals surface area (Å²) in [6, 6.07) is -0.262. The fourth-order valence-electron chi connectivity index (χ4n) is 12.6. The molecule has 1 saturated heterocycles. The van der Waals surface area contributed by atoms with Crippen molar-refractivity contribution >= 4 is 11.9 Å². The summed E-state index contributed by atoms with van der Waals surface area (Å²) < 4.78 is 15.5. The van der Waals surface area contributed by atoms with E-state index < -0.39 is 22.8 Å². The molecule has 1 aromatic heterocycles. The minimum absolute atomic E-state index is 0.186. The molecule has 4 N–H and O–H groups in total. The van der Waals surface area contributed by atoms with Crippen LogP contribution in [0.1, 0.15) is 130 Å². The molecule has 50 heavy (non-hydrogen) atoms. The largest absolute Gasteiger partial charge is 0.481 e. The molecular weight excluding hydrogens is 630 g/mol. The van der Waals surface area contributed by atoms with Gasteiger partial charge in [-0.1, -0.05) is 74.0 Å². The van der Waals surface area contributed by atoms with Crippen LogP contribution in [0, 0.1) is 56.7 Å². The molecule has 1 amide bonds. The Morgan fingerprint density at radius 2 is 1.82 bits per heavy atom. The van der Waals surface area contributed by atoms with Gasteiger partial charge < -0.3 is 25.6 Å². The number of carboxylic acid groups (broad SMARTS) is 1. The van der Waals surface area contributed by atoms with Crippen LogP contribution in [0.4, 0.5) is 0 Å². The number of aromatic nitrogens is 3. The number of rotatable bonds is 10. The third kappa shape index (κ3) is 5.11. The fraction of sp³-hybridized carbons (Fsp3) is 0.850. The number of nitrogens with zero attached hydrogens (tertiary/aromatic N) is 3. The third-order valence-electron chi connectivity index (χ3n) is 16.4. The van der Waals surface area contributed by atoms with Crippen LogP contribution in [0.15, 0.2) is 18.0 Å². The minimum atomic E-state index is -0.647. The number of allylic oxidation sites excluding steroid dienone is 1. The van der Waals surface area contributed by atoms with Gasteiger partial charge in [0.15, 0.2) is 0 Å². The van der Waals surface area contributed by atoms with Crippen molar-refractivity contribution in [2.75, 3.05) is 26.9 Å². The summed E-state index contributed by atoms with van der Waals surface area (Å²) in [5.41, 5.74) is 6.29. The fourth-order valence-corrected chi connectivity index (χ4v) is 12.6. The van der Waals surface area contributed by atoms with Gasteiger partial charge >= 0.3 is 5.97 Å². The van der Waals surface area contributed by atoms with Crippen molar-refractivity contribution < 1.29 is 24.2 Å². The molecule has 6 rings (SSSR count). The molecule has 5 aliphatic rings. The van der Waals surface area contributed by atoms with Gasteiger partial charge in [0.1, 0.15) is 6.33 Å². The maximum absolute atomic E-state index is 13.5. The van der Waals surface area contributed by atoms with E-state index in [-0.39, 0.29) is 57.4 Å². The molecule has 10 heteroatoms. The molecule has 0 aromatic carbocycles. The summed E-state index contributed by atoms with van der Waals surface area (Å²) in [4.78, 5) is 31.1. The second-order valence-corrected chi connectivity index (χ2v) is 18.5. The first-order chi connectivity index (χ1) is 23.4. The molecule has 1 aromatic rings. The first kappa shape index (κ1) is 37.5. The average molecular weight is 696 g/mol. The van der Waals surface area contributed by atoms with Crippen LogP contribution >= 0.6 is 0 Å². The van der Waals surface area contributed by atoms with E-state index in [1.807, 2.05) is 4.68 Å². The van der Waals surface area contributed by atoms with Crippen molar-refractivity contribution in [1.29, 1.82) is 0 Å². The predicted octanol–water partition coefficient (Wildman–Crippen LogP) is 6.67. The van der Waals surface area contributed by atoms with Crippen LogP contribution in [0.5, 0.6) is 0 Å². The highest BCUT2D eigenvalue weighted by molar-refractivity contribution is 5.90. The Kier molecular flexibility index (Phi) is 9.50. The van der Waals surface area contributed by atoms with Crippen molar-refractivity contribution in [3.8, 4) is 0 Å². The number of aliphatic carboxylic acids is 1. The molecule has 0 radical (unpaired) electrons. The molecule has 4 aliphatic carbocycles. The summed E-state index contributed by atoms with van der Waals surface area (Å²) in [6.07, 6.45) is 10.7. The van der Waals surface area contributed by atoms with Crippen LogP contribution < -0.4 is 11.1 Å². The van der Waals surface area contributed by atoms with E-state index in [1.165, 1.54) is 11.9 Å². The van der Waals surface area contributed by atoms with Crippen LogP contribution in [0.25, 0.3) is 0 Å². The Balaban J connectivity index is 1.48. The lowest BCUT2D eigenvalue weighted by molar-refractivity contribution is -0.252. The van der Waals surface area contributed by atoms with Gasteiger partial charge in [-0.05, 0) is 91.3 Å². The quantitative estimate of drug-likeness (QED) is 0.231. The number of carbonyl (C=O) groups is 2. The molecule has 4 fully saturated rings. The zero-order valence-electron chi connectivity index (χ0n) is 32.5. The number of nitrogens with one attached hydrogen (secondary N) is 1. The molecule has 280 valence electrons. The monoisotopic (exact) mass is 695 g/mol. The third-order valence-corrected chi connectivity index (χ3v) is 16.4. The minimum Gasteiger partial charge on any atom is -0.481 e. The first-order valence-electron chi connectivity index (χ1n) is 19.5. The number of amides is 1. The number of hydrogen-bond donors (Lipinski definition) is 3. The maximum atomic E-state index is 13.5. The lowest BCUT2D eigenvalue weighted by Gasteiger charge is -2.71. The molecule has 11 atom stereocenters. The van der Waals surface area contributed by atoms with Gasteiger partial charge in [0, 0.05) is 23.4 Å². The van der Waals surface area contributed by atoms with E-state index in [0.717, 1.165) is 44.9 Å². The van der Waals surface area contributed by atoms with Crippen LogP contribution in [0.2, 0.25) is 0 Å². The smallest absolute Gasteiger partial charge is 0.307 e. The number of hydrogen-bond acceptors (Lipinski definition) is 7. The molecule has 0 spiro atoms. The molecule has 2 bridgehead atoms. The van der Waals surface area contributed by atoms with Gasteiger partial charge in [0.25, 0.3) is 5.91 Å². The standard InChI is InChI=1S/C40H65N5O5/c1-11-39(41,12-2)21-50-31-28(45-32(33(46)42-10)43-23-44-45)19-40-22-49-20-36(31,7)29(40)14-13-26-27(40)15-16-38(9)30(34(47)48)35(6,25(5)24(3)4)17-18-37(26,38)8/h15,23-26,28-31H,11-14,16-22,41H2,1-10H3,(H,42,46)(H,47,48)/t25-,26+,28-,29+,30-,31+,35-,36-,37-,38+,40+/m1/s1. The van der Waals surface area contributed by atoms with Crippen molar-refractivity contribution in [1.82, 2.24) is 20.1 Å². The van der Waals surface area contributed by atoms with E-state index in [2.05, 4.69) is 78.7 Å². The maximum Gasteiger partial charge on any atom is 0.307 e. The zero-order valence-corrected chi connectivity index (χ0v) is 32.5. The summed E-state index contributed by atoms with van der Waals surface area (Å²) in [7, 11) is 1.62. The second-order valence-electron chi connectivity index (χ2n) is 18.5. The molecule has 0 unspecified atom stereocenters. The van der Waals surface area contributed by atoms with E-state index in [1.54, 1.807) is 7.05 Å². The number of carbonyl (C=O) groups excluding carboxylic acids is 1. The molecule has 2 heterocycles. The lowest BCUT2D eigenvalue weighted by atomic mass is 9.34. The second kappa shape index (κ2) is 12.7. The molecule has 3 saturated carbocycles. The predicted molar refractivity (Wildman–Crippen MR) is 193 cm³/mol.